The molecule has 0 bridgehead atoms. The van der Waals surface area contributed by atoms with Gasteiger partial charge in [0.05, 0.1) is 12.2 Å². The van der Waals surface area contributed by atoms with Crippen LogP contribution in [0.5, 0.6) is 5.75 Å². The molecule has 0 aromatic heterocycles. The highest BCUT2D eigenvalue weighted by Crippen LogP contribution is 2.34. The molecule has 2 aromatic carbocycles. The van der Waals surface area contributed by atoms with Crippen molar-refractivity contribution < 1.29 is 19.4 Å². The first kappa shape index (κ1) is 14.1. The smallest absolute Gasteiger partial charge is 0.346 e. The van der Waals surface area contributed by atoms with E-state index < -0.39 is 12.1 Å². The molecule has 1 atom stereocenters. The molecule has 0 saturated carbocycles. The highest BCUT2D eigenvalue weighted by molar-refractivity contribution is 6.08. The number of carbonyl (C=O) groups is 2. The van der Waals surface area contributed by atoms with E-state index in [9.17, 15) is 14.7 Å². The number of amides is 1. The number of carboxylic acids is 1. The van der Waals surface area contributed by atoms with Gasteiger partial charge < -0.3 is 14.7 Å². The van der Waals surface area contributed by atoms with Gasteiger partial charge in [-0.15, -0.1) is 0 Å². The Morgan fingerprint density at radius 2 is 1.82 bits per heavy atom. The van der Waals surface area contributed by atoms with E-state index in [1.807, 2.05) is 19.1 Å². The SMILES string of the molecule is Cc1ccccc1C(=O)N1C[C@@H](C(=O)O)Oc2ccccc21. The number of aryl methyl sites for hydroxylation is 1. The molecule has 0 radical (unpaired) electrons. The van der Waals surface area contributed by atoms with Gasteiger partial charge in [0.2, 0.25) is 6.10 Å². The summed E-state index contributed by atoms with van der Waals surface area (Å²) >= 11 is 0. The zero-order chi connectivity index (χ0) is 15.7. The fourth-order valence-corrected chi connectivity index (χ4v) is 2.51. The van der Waals surface area contributed by atoms with Crippen LogP contribution in [0.4, 0.5) is 5.69 Å². The van der Waals surface area contributed by atoms with Crippen LogP contribution in [0, 0.1) is 6.92 Å². The fourth-order valence-electron chi connectivity index (χ4n) is 2.51. The summed E-state index contributed by atoms with van der Waals surface area (Å²) in [4.78, 5) is 25.6. The third kappa shape index (κ3) is 2.41. The van der Waals surface area contributed by atoms with Crippen LogP contribution in [0.1, 0.15) is 15.9 Å². The predicted octanol–water partition coefficient (Wildman–Crippen LogP) is 2.49. The average Bonchev–Trinajstić information content (AvgIpc) is 2.53. The molecule has 0 aliphatic carbocycles. The summed E-state index contributed by atoms with van der Waals surface area (Å²) in [5.41, 5.74) is 2.00. The van der Waals surface area contributed by atoms with Crippen LogP contribution in [0.15, 0.2) is 48.5 Å². The average molecular weight is 297 g/mol. The number of carboxylic acid groups (broad SMARTS) is 1. The Bertz CT molecular complexity index is 741. The van der Waals surface area contributed by atoms with Crippen molar-refractivity contribution in [2.45, 2.75) is 13.0 Å². The van der Waals surface area contributed by atoms with E-state index in [1.165, 1.54) is 4.90 Å². The molecule has 0 spiro atoms. The lowest BCUT2D eigenvalue weighted by molar-refractivity contribution is -0.144. The van der Waals surface area contributed by atoms with E-state index in [0.717, 1.165) is 5.56 Å². The van der Waals surface area contributed by atoms with Gasteiger partial charge >= 0.3 is 5.97 Å². The second-order valence-corrected chi connectivity index (χ2v) is 5.14. The van der Waals surface area contributed by atoms with Crippen molar-refractivity contribution in [2.24, 2.45) is 0 Å². The first-order valence-corrected chi connectivity index (χ1v) is 6.94. The van der Waals surface area contributed by atoms with Crippen LogP contribution < -0.4 is 9.64 Å². The molecule has 0 unspecified atom stereocenters. The van der Waals surface area contributed by atoms with Crippen molar-refractivity contribution in [3.8, 4) is 5.75 Å². The number of carbonyl (C=O) groups excluding carboxylic acids is 1. The third-order valence-electron chi connectivity index (χ3n) is 3.67. The van der Waals surface area contributed by atoms with E-state index >= 15 is 0 Å². The minimum atomic E-state index is -1.09. The maximum atomic E-state index is 12.8. The summed E-state index contributed by atoms with van der Waals surface area (Å²) in [6, 6.07) is 14.2. The highest BCUT2D eigenvalue weighted by Gasteiger charge is 2.34. The summed E-state index contributed by atoms with van der Waals surface area (Å²) in [5.74, 6) is -0.903. The molecule has 5 nitrogen and oxygen atoms in total. The van der Waals surface area contributed by atoms with E-state index in [-0.39, 0.29) is 12.5 Å². The number of aliphatic carboxylic acids is 1. The van der Waals surface area contributed by atoms with Gasteiger partial charge in [0.1, 0.15) is 5.75 Å². The Balaban J connectivity index is 2.03. The topological polar surface area (TPSA) is 66.8 Å². The molecule has 1 aliphatic heterocycles. The van der Waals surface area contributed by atoms with E-state index in [0.29, 0.717) is 17.0 Å². The molecule has 1 N–H and O–H groups in total. The third-order valence-corrected chi connectivity index (χ3v) is 3.67. The largest absolute Gasteiger partial charge is 0.478 e. The number of nitrogens with zero attached hydrogens (tertiary/aromatic N) is 1. The Labute approximate surface area is 127 Å². The van der Waals surface area contributed by atoms with E-state index in [4.69, 9.17) is 4.74 Å². The standard InChI is InChI=1S/C17H15NO4/c1-11-6-2-3-7-12(11)16(19)18-10-15(17(20)21)22-14-9-5-4-8-13(14)18/h2-9,15H,10H2,1H3,(H,20,21)/t15-/m0/s1. The lowest BCUT2D eigenvalue weighted by Gasteiger charge is -2.33. The first-order chi connectivity index (χ1) is 10.6. The number of hydrogen-bond acceptors (Lipinski definition) is 3. The van der Waals surface area contributed by atoms with E-state index in [2.05, 4.69) is 0 Å². The molecule has 0 saturated heterocycles. The van der Waals surface area contributed by atoms with Crippen molar-refractivity contribution in [2.75, 3.05) is 11.4 Å². The monoisotopic (exact) mass is 297 g/mol. The van der Waals surface area contributed by atoms with Crippen molar-refractivity contribution >= 4 is 17.6 Å². The van der Waals surface area contributed by atoms with Crippen molar-refractivity contribution in [3.05, 3.63) is 59.7 Å². The van der Waals surface area contributed by atoms with Gasteiger partial charge in [-0.3, -0.25) is 4.79 Å². The normalized spacial score (nSPS) is 16.6. The summed E-state index contributed by atoms with van der Waals surface area (Å²) < 4.78 is 5.45. The van der Waals surface area contributed by atoms with Crippen LogP contribution in [-0.2, 0) is 4.79 Å². The lowest BCUT2D eigenvalue weighted by atomic mass is 10.1. The predicted molar refractivity (Wildman–Crippen MR) is 81.3 cm³/mol. The number of ether oxygens (including phenoxy) is 1. The number of para-hydroxylation sites is 2. The number of hydrogen-bond donors (Lipinski definition) is 1. The molecule has 0 fully saturated rings. The molecule has 1 aliphatic rings. The minimum Gasteiger partial charge on any atom is -0.478 e. The minimum absolute atomic E-state index is 0.0144. The molecule has 1 heterocycles. The first-order valence-electron chi connectivity index (χ1n) is 6.94. The van der Waals surface area contributed by atoms with Gasteiger partial charge in [-0.1, -0.05) is 30.3 Å². The summed E-state index contributed by atoms with van der Waals surface area (Å²) in [6.45, 7) is 1.84. The molecule has 1 amide bonds. The summed E-state index contributed by atoms with van der Waals surface area (Å²) in [5, 5.41) is 9.23. The van der Waals surface area contributed by atoms with Gasteiger partial charge in [0, 0.05) is 5.56 Å². The Morgan fingerprint density at radius 3 is 2.55 bits per heavy atom. The molecular formula is C17H15NO4. The Morgan fingerprint density at radius 1 is 1.14 bits per heavy atom. The fraction of sp³-hybridized carbons (Fsp3) is 0.176. The molecule has 5 heteroatoms. The number of benzene rings is 2. The highest BCUT2D eigenvalue weighted by atomic mass is 16.5. The molecule has 3 rings (SSSR count). The zero-order valence-corrected chi connectivity index (χ0v) is 12.0. The molecule has 22 heavy (non-hydrogen) atoms. The van der Waals surface area contributed by atoms with Gasteiger partial charge in [0.15, 0.2) is 0 Å². The Kier molecular flexibility index (Phi) is 3.55. The van der Waals surface area contributed by atoms with E-state index in [1.54, 1.807) is 36.4 Å². The number of fused-ring (bicyclic) bond motifs is 1. The Hall–Kier alpha value is -2.82. The van der Waals surface area contributed by atoms with Gasteiger partial charge in [-0.2, -0.15) is 0 Å². The van der Waals surface area contributed by atoms with Gasteiger partial charge in [-0.05, 0) is 30.7 Å². The van der Waals surface area contributed by atoms with Crippen LogP contribution in [0.3, 0.4) is 0 Å². The quantitative estimate of drug-likeness (QED) is 0.924. The van der Waals surface area contributed by atoms with Crippen molar-refractivity contribution in [3.63, 3.8) is 0 Å². The maximum absolute atomic E-state index is 12.8. The molecular weight excluding hydrogens is 282 g/mol. The zero-order valence-electron chi connectivity index (χ0n) is 12.0. The second-order valence-electron chi connectivity index (χ2n) is 5.14. The molecule has 112 valence electrons. The van der Waals surface area contributed by atoms with Crippen molar-refractivity contribution in [1.29, 1.82) is 0 Å². The van der Waals surface area contributed by atoms with Crippen LogP contribution in [-0.4, -0.2) is 29.6 Å². The summed E-state index contributed by atoms with van der Waals surface area (Å²) in [6.07, 6.45) is -1.07. The molecule has 2 aromatic rings. The van der Waals surface area contributed by atoms with Crippen LogP contribution in [0.2, 0.25) is 0 Å². The van der Waals surface area contributed by atoms with Crippen molar-refractivity contribution in [1.82, 2.24) is 0 Å². The van der Waals surface area contributed by atoms with Crippen LogP contribution in [0.25, 0.3) is 0 Å². The van der Waals surface area contributed by atoms with Gasteiger partial charge in [0.25, 0.3) is 5.91 Å². The number of rotatable bonds is 2. The summed E-state index contributed by atoms with van der Waals surface area (Å²) in [7, 11) is 0. The van der Waals surface area contributed by atoms with Gasteiger partial charge in [-0.25, -0.2) is 4.79 Å². The van der Waals surface area contributed by atoms with Crippen LogP contribution >= 0.6 is 0 Å². The lowest BCUT2D eigenvalue weighted by Crippen LogP contribution is -2.47. The maximum Gasteiger partial charge on any atom is 0.346 e. The number of anilines is 1. The second kappa shape index (κ2) is 5.52.